The zero-order valence-corrected chi connectivity index (χ0v) is 11.2. The second-order valence-corrected chi connectivity index (χ2v) is 6.60. The Morgan fingerprint density at radius 3 is 2.53 bits per heavy atom. The highest BCUT2D eigenvalue weighted by atomic mass is 35.5. The van der Waals surface area contributed by atoms with Gasteiger partial charge in [-0.2, -0.15) is 0 Å². The van der Waals surface area contributed by atoms with Crippen LogP contribution in [0.1, 0.15) is 0 Å². The zero-order chi connectivity index (χ0) is 12.6. The van der Waals surface area contributed by atoms with Gasteiger partial charge in [-0.25, -0.2) is 13.6 Å². The first-order valence-electron chi connectivity index (χ1n) is 4.19. The summed E-state index contributed by atoms with van der Waals surface area (Å²) < 4.78 is 21.9. The molecule has 2 N–H and O–H groups in total. The predicted molar refractivity (Wildman–Crippen MR) is 66.7 cm³/mol. The SMILES string of the molecule is NS(=O)(=O)c1nnc(-c2cc(Cl)ccc2Cl)s1. The predicted octanol–water partition coefficient (Wildman–Crippen LogP) is 2.16. The second-order valence-electron chi connectivity index (χ2n) is 3.04. The molecule has 1 aromatic heterocycles. The minimum Gasteiger partial charge on any atom is -0.223 e. The van der Waals surface area contributed by atoms with Crippen molar-refractivity contribution in [2.75, 3.05) is 0 Å². The molecule has 0 saturated carbocycles. The molecule has 0 fully saturated rings. The molecule has 2 rings (SSSR count). The van der Waals surface area contributed by atoms with Crippen LogP contribution in [0.15, 0.2) is 22.5 Å². The standard InChI is InChI=1S/C8H5Cl2N3O2S2/c9-4-1-2-6(10)5(3-4)7-12-13-8(16-7)17(11,14)15/h1-3H,(H2,11,14,15). The van der Waals surface area contributed by atoms with Gasteiger partial charge in [0.1, 0.15) is 5.01 Å². The molecule has 1 aromatic carbocycles. The fourth-order valence-electron chi connectivity index (χ4n) is 1.09. The van der Waals surface area contributed by atoms with Gasteiger partial charge in [-0.15, -0.1) is 10.2 Å². The van der Waals surface area contributed by atoms with Gasteiger partial charge in [0.05, 0.1) is 5.02 Å². The number of hydrogen-bond acceptors (Lipinski definition) is 5. The average Bonchev–Trinajstić information content (AvgIpc) is 2.70. The van der Waals surface area contributed by atoms with E-state index in [-0.39, 0.29) is 4.34 Å². The van der Waals surface area contributed by atoms with Gasteiger partial charge in [0.15, 0.2) is 0 Å². The van der Waals surface area contributed by atoms with Gasteiger partial charge in [0.2, 0.25) is 4.34 Å². The van der Waals surface area contributed by atoms with Crippen molar-refractivity contribution in [1.29, 1.82) is 0 Å². The Balaban J connectivity index is 2.55. The fraction of sp³-hybridized carbons (Fsp3) is 0. The Bertz CT molecular complexity index is 669. The molecule has 2 aromatic rings. The molecule has 0 spiro atoms. The Hall–Kier alpha value is -0.730. The summed E-state index contributed by atoms with van der Waals surface area (Å²) >= 11 is 12.6. The van der Waals surface area contributed by atoms with Crippen LogP contribution in [0.2, 0.25) is 10.0 Å². The number of aromatic nitrogens is 2. The molecular formula is C8H5Cl2N3O2S2. The van der Waals surface area contributed by atoms with Crippen molar-refractivity contribution in [3.05, 3.63) is 28.2 Å². The zero-order valence-electron chi connectivity index (χ0n) is 8.09. The van der Waals surface area contributed by atoms with Gasteiger partial charge < -0.3 is 0 Å². The molecule has 0 amide bonds. The Labute approximate surface area is 111 Å². The van der Waals surface area contributed by atoms with Gasteiger partial charge in [-0.05, 0) is 18.2 Å². The van der Waals surface area contributed by atoms with Crippen molar-refractivity contribution in [3.63, 3.8) is 0 Å². The molecule has 9 heteroatoms. The Morgan fingerprint density at radius 2 is 1.94 bits per heavy atom. The van der Waals surface area contributed by atoms with E-state index in [9.17, 15) is 8.42 Å². The Morgan fingerprint density at radius 1 is 1.24 bits per heavy atom. The van der Waals surface area contributed by atoms with Crippen molar-refractivity contribution in [2.45, 2.75) is 4.34 Å². The first kappa shape index (κ1) is 12.7. The van der Waals surface area contributed by atoms with Crippen LogP contribution in [0, 0.1) is 0 Å². The maximum absolute atomic E-state index is 11.1. The maximum atomic E-state index is 11.1. The number of nitrogens with zero attached hydrogens (tertiary/aromatic N) is 2. The van der Waals surface area contributed by atoms with Crippen LogP contribution < -0.4 is 5.14 Å². The average molecular weight is 310 g/mol. The van der Waals surface area contributed by atoms with Gasteiger partial charge in [0.25, 0.3) is 10.0 Å². The molecule has 0 radical (unpaired) electrons. The van der Waals surface area contributed by atoms with E-state index in [2.05, 4.69) is 10.2 Å². The van der Waals surface area contributed by atoms with Crippen LogP contribution in [0.25, 0.3) is 10.6 Å². The van der Waals surface area contributed by atoms with Crippen LogP contribution in [0.3, 0.4) is 0 Å². The van der Waals surface area contributed by atoms with E-state index in [1.165, 1.54) is 0 Å². The van der Waals surface area contributed by atoms with Gasteiger partial charge in [-0.3, -0.25) is 0 Å². The molecule has 1 heterocycles. The molecule has 0 atom stereocenters. The molecule has 0 aliphatic heterocycles. The van der Waals surface area contributed by atoms with E-state index in [0.29, 0.717) is 20.6 Å². The minimum absolute atomic E-state index is 0.261. The number of hydrogen-bond donors (Lipinski definition) is 1. The van der Waals surface area contributed by atoms with Crippen molar-refractivity contribution in [1.82, 2.24) is 10.2 Å². The first-order valence-corrected chi connectivity index (χ1v) is 7.31. The lowest BCUT2D eigenvalue weighted by molar-refractivity contribution is 0.596. The molecule has 90 valence electrons. The summed E-state index contributed by atoms with van der Waals surface area (Å²) in [5.41, 5.74) is 0.520. The third-order valence-corrected chi connectivity index (χ3v) is 4.64. The van der Waals surface area contributed by atoms with Crippen LogP contribution in [0.5, 0.6) is 0 Å². The van der Waals surface area contributed by atoms with Gasteiger partial charge >= 0.3 is 0 Å². The van der Waals surface area contributed by atoms with Crippen molar-refractivity contribution < 1.29 is 8.42 Å². The lowest BCUT2D eigenvalue weighted by Crippen LogP contribution is -2.11. The van der Waals surface area contributed by atoms with Crippen molar-refractivity contribution in [3.8, 4) is 10.6 Å². The molecule has 0 aliphatic rings. The van der Waals surface area contributed by atoms with E-state index in [0.717, 1.165) is 11.3 Å². The summed E-state index contributed by atoms with van der Waals surface area (Å²) in [5.74, 6) is 0. The molecule has 5 nitrogen and oxygen atoms in total. The lowest BCUT2D eigenvalue weighted by atomic mass is 10.2. The topological polar surface area (TPSA) is 85.9 Å². The molecule has 17 heavy (non-hydrogen) atoms. The second kappa shape index (κ2) is 4.51. The Kier molecular flexibility index (Phi) is 3.37. The quantitative estimate of drug-likeness (QED) is 0.921. The van der Waals surface area contributed by atoms with E-state index >= 15 is 0 Å². The molecule has 0 bridgehead atoms. The first-order chi connectivity index (χ1) is 7.88. The van der Waals surface area contributed by atoms with Crippen LogP contribution >= 0.6 is 34.5 Å². The van der Waals surface area contributed by atoms with E-state index < -0.39 is 10.0 Å². The van der Waals surface area contributed by atoms with E-state index in [4.69, 9.17) is 28.3 Å². The largest absolute Gasteiger partial charge is 0.267 e. The van der Waals surface area contributed by atoms with Gasteiger partial charge in [0, 0.05) is 10.6 Å². The summed E-state index contributed by atoms with van der Waals surface area (Å²) in [6.07, 6.45) is 0. The van der Waals surface area contributed by atoms with Crippen molar-refractivity contribution >= 4 is 44.6 Å². The van der Waals surface area contributed by atoms with Crippen LogP contribution in [-0.2, 0) is 10.0 Å². The summed E-state index contributed by atoms with van der Waals surface area (Å²) in [6.45, 7) is 0. The minimum atomic E-state index is -3.84. The third-order valence-electron chi connectivity index (χ3n) is 1.81. The number of nitrogens with two attached hydrogens (primary N) is 1. The molecular weight excluding hydrogens is 305 g/mol. The third kappa shape index (κ3) is 2.75. The van der Waals surface area contributed by atoms with Crippen LogP contribution in [0.4, 0.5) is 0 Å². The summed E-state index contributed by atoms with van der Waals surface area (Å²) in [5, 5.41) is 13.4. The summed E-state index contributed by atoms with van der Waals surface area (Å²) in [7, 11) is -3.84. The number of rotatable bonds is 2. The van der Waals surface area contributed by atoms with Crippen molar-refractivity contribution in [2.24, 2.45) is 5.14 Å². The van der Waals surface area contributed by atoms with E-state index in [1.807, 2.05) is 0 Å². The molecule has 0 unspecified atom stereocenters. The smallest absolute Gasteiger partial charge is 0.223 e. The number of benzene rings is 1. The molecule has 0 saturated heterocycles. The highest BCUT2D eigenvalue weighted by molar-refractivity contribution is 7.91. The fourth-order valence-corrected chi connectivity index (χ4v) is 2.99. The summed E-state index contributed by atoms with van der Waals surface area (Å²) in [6, 6.07) is 4.80. The highest BCUT2D eigenvalue weighted by Crippen LogP contribution is 2.33. The monoisotopic (exact) mass is 309 g/mol. The normalized spacial score (nSPS) is 11.7. The number of sulfonamides is 1. The number of primary sulfonamides is 1. The van der Waals surface area contributed by atoms with E-state index in [1.54, 1.807) is 18.2 Å². The lowest BCUT2D eigenvalue weighted by Gasteiger charge is -1.99. The summed E-state index contributed by atoms with van der Waals surface area (Å²) in [4.78, 5) is 0. The maximum Gasteiger partial charge on any atom is 0.267 e. The number of halogens is 2. The highest BCUT2D eigenvalue weighted by Gasteiger charge is 2.17. The molecule has 0 aliphatic carbocycles. The van der Waals surface area contributed by atoms with Crippen LogP contribution in [-0.4, -0.2) is 18.6 Å². The van der Waals surface area contributed by atoms with Gasteiger partial charge in [-0.1, -0.05) is 34.5 Å².